The van der Waals surface area contributed by atoms with Crippen molar-refractivity contribution in [1.82, 2.24) is 29.9 Å². The van der Waals surface area contributed by atoms with E-state index in [0.29, 0.717) is 11.8 Å². The van der Waals surface area contributed by atoms with E-state index in [1.54, 1.807) is 0 Å². The molecule has 0 saturated carbocycles. The van der Waals surface area contributed by atoms with Gasteiger partial charge in [-0.3, -0.25) is 9.69 Å². The first kappa shape index (κ1) is 25.0. The predicted molar refractivity (Wildman–Crippen MR) is 149 cm³/mol. The summed E-state index contributed by atoms with van der Waals surface area (Å²) in [5.74, 6) is 0.380. The molecule has 1 unspecified atom stereocenters. The standard InChI is InChI=1S/C29H32N8O2/c1-36(17-26(38)39)23-13-10-18-9-12-22(15-20(18)11-14-23)31-29-32-28(30)37(35-29)25-16-21-7-4-6-19-5-2-3-8-24(19)27(21)34-33-25/h2-3,5,8-9,12,15-16,23H,4,6-7,10-11,13-14,17H2,1H3,(H,38,39)(H3,30,31,32,35). The van der Waals surface area contributed by atoms with Crippen molar-refractivity contribution in [3.63, 3.8) is 0 Å². The molecule has 2 aromatic heterocycles. The highest BCUT2D eigenvalue weighted by molar-refractivity contribution is 5.69. The Balaban J connectivity index is 1.20. The van der Waals surface area contributed by atoms with Gasteiger partial charge in [0.25, 0.3) is 0 Å². The SMILES string of the molecule is CN(CC(=O)O)C1CCc2ccc(Nc3nc(N)n(-c4cc5c(nn4)-c4ccccc4CCC5)n3)cc2CC1. The van der Waals surface area contributed by atoms with E-state index in [0.717, 1.165) is 67.5 Å². The van der Waals surface area contributed by atoms with Crippen LogP contribution in [0.25, 0.3) is 17.1 Å². The molecule has 0 fully saturated rings. The van der Waals surface area contributed by atoms with Gasteiger partial charge in [0.05, 0.1) is 12.2 Å². The van der Waals surface area contributed by atoms with Gasteiger partial charge in [0.1, 0.15) is 0 Å². The van der Waals surface area contributed by atoms with E-state index in [9.17, 15) is 4.79 Å². The molecule has 0 radical (unpaired) electrons. The van der Waals surface area contributed by atoms with Crippen molar-refractivity contribution in [2.75, 3.05) is 24.6 Å². The van der Waals surface area contributed by atoms with Crippen LogP contribution in [0.3, 0.4) is 0 Å². The van der Waals surface area contributed by atoms with Crippen LogP contribution in [-0.2, 0) is 30.5 Å². The quantitative estimate of drug-likeness (QED) is 0.322. The lowest BCUT2D eigenvalue weighted by Gasteiger charge is -2.25. The first-order chi connectivity index (χ1) is 18.9. The van der Waals surface area contributed by atoms with Gasteiger partial charge < -0.3 is 16.2 Å². The van der Waals surface area contributed by atoms with Crippen LogP contribution in [0.15, 0.2) is 48.5 Å². The largest absolute Gasteiger partial charge is 0.480 e. The number of benzene rings is 2. The molecular weight excluding hydrogens is 492 g/mol. The predicted octanol–water partition coefficient (Wildman–Crippen LogP) is 3.80. The normalized spacial score (nSPS) is 16.5. The molecule has 4 aromatic rings. The van der Waals surface area contributed by atoms with Crippen molar-refractivity contribution < 1.29 is 9.90 Å². The highest BCUT2D eigenvalue weighted by Crippen LogP contribution is 2.32. The molecule has 2 aromatic carbocycles. The van der Waals surface area contributed by atoms with Gasteiger partial charge in [-0.2, -0.15) is 9.67 Å². The van der Waals surface area contributed by atoms with Gasteiger partial charge in [-0.05, 0) is 92.4 Å². The lowest BCUT2D eigenvalue weighted by Crippen LogP contribution is -2.36. The lowest BCUT2D eigenvalue weighted by molar-refractivity contribution is -0.138. The molecule has 2 heterocycles. The highest BCUT2D eigenvalue weighted by Gasteiger charge is 2.22. The number of hydrogen-bond donors (Lipinski definition) is 3. The number of nitrogens with one attached hydrogen (secondary N) is 1. The second kappa shape index (κ2) is 10.5. The van der Waals surface area contributed by atoms with Crippen LogP contribution in [0.2, 0.25) is 0 Å². The summed E-state index contributed by atoms with van der Waals surface area (Å²) in [4.78, 5) is 17.5. The number of nitrogens with two attached hydrogens (primary N) is 1. The summed E-state index contributed by atoms with van der Waals surface area (Å²) in [6.45, 7) is 0.0610. The number of carboxylic acids is 1. The molecule has 2 aliphatic rings. The number of nitrogen functional groups attached to an aromatic ring is 1. The Bertz CT molecular complexity index is 1530. The van der Waals surface area contributed by atoms with Crippen LogP contribution in [-0.4, -0.2) is 60.6 Å². The maximum absolute atomic E-state index is 11.1. The number of likely N-dealkylation sites (N-methyl/N-ethyl adjacent to an activating group) is 1. The molecule has 0 bridgehead atoms. The van der Waals surface area contributed by atoms with E-state index in [2.05, 4.69) is 55.9 Å². The van der Waals surface area contributed by atoms with Crippen LogP contribution in [0.5, 0.6) is 0 Å². The second-order valence-corrected chi connectivity index (χ2v) is 10.4. The fraction of sp³-hybridized carbons (Fsp3) is 0.345. The van der Waals surface area contributed by atoms with Gasteiger partial charge in [0.2, 0.25) is 11.9 Å². The van der Waals surface area contributed by atoms with E-state index in [1.807, 2.05) is 30.1 Å². The van der Waals surface area contributed by atoms with Gasteiger partial charge in [0, 0.05) is 17.3 Å². The van der Waals surface area contributed by atoms with Crippen LogP contribution in [0.4, 0.5) is 17.6 Å². The number of aryl methyl sites for hydroxylation is 4. The number of hydrogen-bond acceptors (Lipinski definition) is 8. The van der Waals surface area contributed by atoms with E-state index >= 15 is 0 Å². The summed E-state index contributed by atoms with van der Waals surface area (Å²) >= 11 is 0. The number of aliphatic carboxylic acids is 1. The molecule has 0 saturated heterocycles. The van der Waals surface area contributed by atoms with Crippen LogP contribution in [0.1, 0.15) is 41.5 Å². The number of rotatable bonds is 6. The monoisotopic (exact) mass is 524 g/mol. The smallest absolute Gasteiger partial charge is 0.317 e. The zero-order chi connectivity index (χ0) is 26.9. The zero-order valence-corrected chi connectivity index (χ0v) is 22.0. The summed E-state index contributed by atoms with van der Waals surface area (Å²) in [6, 6.07) is 16.9. The summed E-state index contributed by atoms with van der Waals surface area (Å²) < 4.78 is 1.53. The van der Waals surface area contributed by atoms with Gasteiger partial charge in [-0.15, -0.1) is 15.3 Å². The molecule has 10 nitrogen and oxygen atoms in total. The number of carbonyl (C=O) groups is 1. The number of anilines is 3. The maximum atomic E-state index is 11.1. The topological polar surface area (TPSA) is 135 Å². The first-order valence-corrected chi connectivity index (χ1v) is 13.4. The average Bonchev–Trinajstić information content (AvgIpc) is 3.07. The molecule has 39 heavy (non-hydrogen) atoms. The van der Waals surface area contributed by atoms with E-state index < -0.39 is 5.97 Å². The Morgan fingerprint density at radius 2 is 1.82 bits per heavy atom. The fourth-order valence-corrected chi connectivity index (χ4v) is 5.80. The molecule has 2 aliphatic carbocycles. The molecule has 6 rings (SSSR count). The third-order valence-corrected chi connectivity index (χ3v) is 7.84. The van der Waals surface area contributed by atoms with Crippen molar-refractivity contribution in [2.24, 2.45) is 0 Å². The molecule has 0 aliphatic heterocycles. The molecule has 4 N–H and O–H groups in total. The van der Waals surface area contributed by atoms with Crippen molar-refractivity contribution >= 4 is 23.6 Å². The average molecular weight is 525 g/mol. The summed E-state index contributed by atoms with van der Waals surface area (Å²) in [6.07, 6.45) is 6.64. The Morgan fingerprint density at radius 3 is 2.67 bits per heavy atom. The van der Waals surface area contributed by atoms with Crippen LogP contribution < -0.4 is 11.1 Å². The van der Waals surface area contributed by atoms with Crippen LogP contribution >= 0.6 is 0 Å². The summed E-state index contributed by atoms with van der Waals surface area (Å²) in [7, 11) is 1.89. The number of nitrogens with zero attached hydrogens (tertiary/aromatic N) is 6. The molecule has 10 heteroatoms. The van der Waals surface area contributed by atoms with Gasteiger partial charge >= 0.3 is 5.97 Å². The summed E-state index contributed by atoms with van der Waals surface area (Å²) in [5, 5.41) is 26.1. The van der Waals surface area contributed by atoms with Gasteiger partial charge in [0.15, 0.2) is 5.82 Å². The first-order valence-electron chi connectivity index (χ1n) is 13.4. The van der Waals surface area contributed by atoms with E-state index in [4.69, 9.17) is 10.8 Å². The molecule has 0 spiro atoms. The van der Waals surface area contributed by atoms with Crippen molar-refractivity contribution in [2.45, 2.75) is 51.0 Å². The Labute approximate surface area is 226 Å². The second-order valence-electron chi connectivity index (χ2n) is 10.4. The van der Waals surface area contributed by atoms with Gasteiger partial charge in [-0.25, -0.2) is 0 Å². The molecule has 200 valence electrons. The van der Waals surface area contributed by atoms with Crippen molar-refractivity contribution in [1.29, 1.82) is 0 Å². The van der Waals surface area contributed by atoms with Crippen LogP contribution in [0, 0.1) is 0 Å². The third kappa shape index (κ3) is 5.20. The van der Waals surface area contributed by atoms with Crippen molar-refractivity contribution in [3.8, 4) is 17.1 Å². The number of carboxylic acid groups (broad SMARTS) is 1. The molecule has 1 atom stereocenters. The molecule has 0 amide bonds. The Kier molecular flexibility index (Phi) is 6.70. The Morgan fingerprint density at radius 1 is 1.03 bits per heavy atom. The summed E-state index contributed by atoms with van der Waals surface area (Å²) in [5.41, 5.74) is 14.2. The zero-order valence-electron chi connectivity index (χ0n) is 22.0. The number of aromatic nitrogens is 5. The fourth-order valence-electron chi connectivity index (χ4n) is 5.80. The van der Waals surface area contributed by atoms with E-state index in [-0.39, 0.29) is 18.5 Å². The minimum Gasteiger partial charge on any atom is -0.480 e. The van der Waals surface area contributed by atoms with Crippen molar-refractivity contribution in [3.05, 3.63) is 70.8 Å². The Hall–Kier alpha value is -4.31. The third-order valence-electron chi connectivity index (χ3n) is 7.84. The maximum Gasteiger partial charge on any atom is 0.317 e. The number of fused-ring (bicyclic) bond motifs is 4. The van der Waals surface area contributed by atoms with E-state index in [1.165, 1.54) is 21.4 Å². The molecular formula is C29H32N8O2. The minimum absolute atomic E-state index is 0.0610. The minimum atomic E-state index is -0.792. The lowest BCUT2D eigenvalue weighted by atomic mass is 10.0. The highest BCUT2D eigenvalue weighted by atomic mass is 16.4. The van der Waals surface area contributed by atoms with Gasteiger partial charge in [-0.1, -0.05) is 30.3 Å².